The second-order valence-corrected chi connectivity index (χ2v) is 3.20. The van der Waals surface area contributed by atoms with E-state index in [0.717, 1.165) is 4.48 Å². The molecule has 0 aromatic carbocycles. The average Bonchev–Trinajstić information content (AvgIpc) is 1.99. The summed E-state index contributed by atoms with van der Waals surface area (Å²) in [5.41, 5.74) is 0. The van der Waals surface area contributed by atoms with Gasteiger partial charge in [-0.3, -0.25) is 5.41 Å². The van der Waals surface area contributed by atoms with Crippen molar-refractivity contribution in [3.05, 3.63) is 22.7 Å². The second kappa shape index (κ2) is 5.13. The van der Waals surface area contributed by atoms with Crippen LogP contribution >= 0.6 is 15.9 Å². The number of likely N-dealkylation sites (N-methyl/N-ethyl adjacent to an activating group) is 1. The van der Waals surface area contributed by atoms with Crippen LogP contribution in [0.1, 0.15) is 6.92 Å². The maximum Gasteiger partial charge on any atom is 0.120 e. The zero-order valence-electron chi connectivity index (χ0n) is 7.06. The van der Waals surface area contributed by atoms with E-state index in [1.807, 2.05) is 33.2 Å². The highest BCUT2D eigenvalue weighted by Gasteiger charge is 1.90. The molecule has 1 N–H and O–H groups in total. The van der Waals surface area contributed by atoms with Gasteiger partial charge in [-0.15, -0.1) is 0 Å². The van der Waals surface area contributed by atoms with E-state index in [9.17, 15) is 0 Å². The second-order valence-electron chi connectivity index (χ2n) is 2.29. The minimum Gasteiger partial charge on any atom is -0.363 e. The molecule has 0 aliphatic heterocycles. The predicted octanol–water partition coefficient (Wildman–Crippen LogP) is 2.38. The van der Waals surface area contributed by atoms with Crippen molar-refractivity contribution in [1.29, 1.82) is 5.41 Å². The third-order valence-corrected chi connectivity index (χ3v) is 1.88. The first kappa shape index (κ1) is 10.4. The van der Waals surface area contributed by atoms with Crippen LogP contribution in [-0.2, 0) is 0 Å². The van der Waals surface area contributed by atoms with Crippen LogP contribution in [0.2, 0.25) is 0 Å². The molecule has 0 saturated heterocycles. The predicted molar refractivity (Wildman–Crippen MR) is 53.2 cm³/mol. The van der Waals surface area contributed by atoms with Crippen molar-refractivity contribution in [2.45, 2.75) is 6.92 Å². The first-order chi connectivity index (χ1) is 5.07. The summed E-state index contributed by atoms with van der Waals surface area (Å²) in [5, 5.41) is 7.40. The Hall–Kier alpha value is -0.570. The highest BCUT2D eigenvalue weighted by molar-refractivity contribution is 9.11. The van der Waals surface area contributed by atoms with Crippen LogP contribution in [0, 0.1) is 5.41 Å². The molecule has 0 radical (unpaired) electrons. The molecule has 0 aromatic rings. The largest absolute Gasteiger partial charge is 0.363 e. The van der Waals surface area contributed by atoms with Gasteiger partial charge in [0, 0.05) is 18.6 Å². The molecule has 0 aliphatic rings. The Labute approximate surface area is 76.2 Å². The fourth-order valence-corrected chi connectivity index (χ4v) is 0.536. The van der Waals surface area contributed by atoms with Crippen LogP contribution in [0.25, 0.3) is 0 Å². The van der Waals surface area contributed by atoms with Gasteiger partial charge in [-0.25, -0.2) is 0 Å². The van der Waals surface area contributed by atoms with Gasteiger partial charge in [0.05, 0.1) is 0 Å². The smallest absolute Gasteiger partial charge is 0.120 e. The topological polar surface area (TPSA) is 27.1 Å². The van der Waals surface area contributed by atoms with Gasteiger partial charge in [-0.2, -0.15) is 0 Å². The fraction of sp³-hybridized carbons (Fsp3) is 0.375. The van der Waals surface area contributed by atoms with Crippen molar-refractivity contribution in [1.82, 2.24) is 4.90 Å². The minimum absolute atomic E-state index is 0.490. The van der Waals surface area contributed by atoms with E-state index in [-0.39, 0.29) is 0 Å². The standard InChI is InChI=1S/C8H13BrN2/c1-4-7(9)5-6-8(10)11(2)3/h4-6,10H,1-3H3/b6-5-,7-4+,10-8?. The summed E-state index contributed by atoms with van der Waals surface area (Å²) in [5.74, 6) is 0.490. The third kappa shape index (κ3) is 4.79. The molecule has 0 heterocycles. The number of hydrogen-bond acceptors (Lipinski definition) is 1. The number of amidine groups is 1. The van der Waals surface area contributed by atoms with Gasteiger partial charge in [0.1, 0.15) is 5.84 Å². The lowest BCUT2D eigenvalue weighted by molar-refractivity contribution is 0.622. The number of nitrogens with zero attached hydrogens (tertiary/aromatic N) is 1. The molecule has 62 valence electrons. The molecule has 3 heteroatoms. The molecule has 2 nitrogen and oxygen atoms in total. The molecular formula is C8H13BrN2. The number of nitrogens with one attached hydrogen (secondary N) is 1. The SMILES string of the molecule is C/C=C(Br)\C=C/C(=N)N(C)C. The number of halogens is 1. The van der Waals surface area contributed by atoms with Gasteiger partial charge < -0.3 is 4.90 Å². The quantitative estimate of drug-likeness (QED) is 0.429. The summed E-state index contributed by atoms with van der Waals surface area (Å²) in [6, 6.07) is 0. The Bertz CT molecular complexity index is 192. The summed E-state index contributed by atoms with van der Waals surface area (Å²) < 4.78 is 0.990. The van der Waals surface area contributed by atoms with Crippen molar-refractivity contribution in [3.63, 3.8) is 0 Å². The molecule has 0 atom stereocenters. The molecule has 0 aliphatic carbocycles. The Morgan fingerprint density at radius 3 is 2.27 bits per heavy atom. The summed E-state index contributed by atoms with van der Waals surface area (Å²) >= 11 is 3.31. The normalized spacial score (nSPS) is 12.2. The Balaban J connectivity index is 4.04. The van der Waals surface area contributed by atoms with Gasteiger partial charge in [-0.1, -0.05) is 22.0 Å². The monoisotopic (exact) mass is 216 g/mol. The number of rotatable bonds is 2. The van der Waals surface area contributed by atoms with Gasteiger partial charge in [0.15, 0.2) is 0 Å². The average molecular weight is 217 g/mol. The van der Waals surface area contributed by atoms with Gasteiger partial charge in [0.2, 0.25) is 0 Å². The molecular weight excluding hydrogens is 204 g/mol. The maximum absolute atomic E-state index is 7.40. The van der Waals surface area contributed by atoms with Crippen molar-refractivity contribution >= 4 is 21.8 Å². The summed E-state index contributed by atoms with van der Waals surface area (Å²) in [6.45, 7) is 1.94. The lowest BCUT2D eigenvalue weighted by atomic mass is 10.4. The zero-order chi connectivity index (χ0) is 8.85. The van der Waals surface area contributed by atoms with Crippen molar-refractivity contribution in [2.75, 3.05) is 14.1 Å². The van der Waals surface area contributed by atoms with Crippen LogP contribution in [0.5, 0.6) is 0 Å². The molecule has 0 amide bonds. The highest BCUT2D eigenvalue weighted by Crippen LogP contribution is 2.05. The number of hydrogen-bond donors (Lipinski definition) is 1. The number of allylic oxidation sites excluding steroid dienone is 3. The van der Waals surface area contributed by atoms with E-state index in [4.69, 9.17) is 5.41 Å². The molecule has 0 bridgehead atoms. The van der Waals surface area contributed by atoms with Crippen LogP contribution in [0.3, 0.4) is 0 Å². The molecule has 0 aromatic heterocycles. The zero-order valence-corrected chi connectivity index (χ0v) is 8.64. The lowest BCUT2D eigenvalue weighted by Crippen LogP contribution is -2.17. The van der Waals surface area contributed by atoms with E-state index >= 15 is 0 Å². The van der Waals surface area contributed by atoms with Gasteiger partial charge in [-0.05, 0) is 19.1 Å². The van der Waals surface area contributed by atoms with E-state index in [1.165, 1.54) is 0 Å². The van der Waals surface area contributed by atoms with Crippen LogP contribution < -0.4 is 0 Å². The first-order valence-electron chi connectivity index (χ1n) is 3.33. The molecule has 0 unspecified atom stereocenters. The summed E-state index contributed by atoms with van der Waals surface area (Å²) in [6.07, 6.45) is 5.52. The fourth-order valence-electron chi connectivity index (χ4n) is 0.404. The van der Waals surface area contributed by atoms with Crippen molar-refractivity contribution in [2.24, 2.45) is 0 Å². The van der Waals surface area contributed by atoms with Crippen molar-refractivity contribution in [3.8, 4) is 0 Å². The van der Waals surface area contributed by atoms with E-state index in [1.54, 1.807) is 11.0 Å². The lowest BCUT2D eigenvalue weighted by Gasteiger charge is -2.08. The molecule has 0 spiro atoms. The molecule has 0 rings (SSSR count). The summed E-state index contributed by atoms with van der Waals surface area (Å²) in [7, 11) is 3.69. The van der Waals surface area contributed by atoms with Gasteiger partial charge in [0.25, 0.3) is 0 Å². The van der Waals surface area contributed by atoms with Crippen LogP contribution in [-0.4, -0.2) is 24.8 Å². The Morgan fingerprint density at radius 2 is 1.91 bits per heavy atom. The van der Waals surface area contributed by atoms with Crippen LogP contribution in [0.15, 0.2) is 22.7 Å². The maximum atomic E-state index is 7.40. The van der Waals surface area contributed by atoms with E-state index < -0.39 is 0 Å². The highest BCUT2D eigenvalue weighted by atomic mass is 79.9. The van der Waals surface area contributed by atoms with Crippen LogP contribution in [0.4, 0.5) is 0 Å². The first-order valence-corrected chi connectivity index (χ1v) is 4.13. The van der Waals surface area contributed by atoms with E-state index in [0.29, 0.717) is 5.84 Å². The summed E-state index contributed by atoms with van der Waals surface area (Å²) in [4.78, 5) is 1.74. The Kier molecular flexibility index (Phi) is 4.86. The molecule has 0 fully saturated rings. The van der Waals surface area contributed by atoms with E-state index in [2.05, 4.69) is 15.9 Å². The Morgan fingerprint density at radius 1 is 1.36 bits per heavy atom. The molecule has 0 saturated carbocycles. The van der Waals surface area contributed by atoms with Crippen molar-refractivity contribution < 1.29 is 0 Å². The molecule has 11 heavy (non-hydrogen) atoms. The minimum atomic E-state index is 0.490. The van der Waals surface area contributed by atoms with Gasteiger partial charge >= 0.3 is 0 Å². The third-order valence-electron chi connectivity index (χ3n) is 1.16.